The smallest absolute Gasteiger partial charge is 0.251 e. The fourth-order valence-electron chi connectivity index (χ4n) is 2.38. The number of hydrogen-bond acceptors (Lipinski definition) is 2. The number of quaternary nitrogens is 1. The Bertz CT molecular complexity index is 594. The molecular formula is C18H23N2O2+. The molecule has 0 saturated heterocycles. The summed E-state index contributed by atoms with van der Waals surface area (Å²) in [4.78, 5) is 13.4. The number of benzene rings is 2. The van der Waals surface area contributed by atoms with Gasteiger partial charge in [-0.25, -0.2) is 0 Å². The average molecular weight is 299 g/mol. The van der Waals surface area contributed by atoms with Crippen LogP contribution in [0.2, 0.25) is 0 Å². The molecule has 1 amide bonds. The van der Waals surface area contributed by atoms with E-state index in [4.69, 9.17) is 4.74 Å². The Morgan fingerprint density at radius 1 is 1.09 bits per heavy atom. The molecule has 0 unspecified atom stereocenters. The van der Waals surface area contributed by atoms with E-state index in [0.717, 1.165) is 5.75 Å². The monoisotopic (exact) mass is 299 g/mol. The van der Waals surface area contributed by atoms with Crippen LogP contribution in [0.1, 0.15) is 22.0 Å². The van der Waals surface area contributed by atoms with Crippen molar-refractivity contribution in [3.63, 3.8) is 0 Å². The molecule has 0 bridgehead atoms. The topological polar surface area (TPSA) is 42.8 Å². The van der Waals surface area contributed by atoms with E-state index < -0.39 is 0 Å². The molecular weight excluding hydrogens is 276 g/mol. The fraction of sp³-hybridized carbons (Fsp3) is 0.278. The summed E-state index contributed by atoms with van der Waals surface area (Å²) < 4.78 is 5.19. The summed E-state index contributed by atoms with van der Waals surface area (Å²) in [5, 5.41) is 3.02. The Labute approximate surface area is 131 Å². The van der Waals surface area contributed by atoms with Crippen LogP contribution in [0, 0.1) is 0 Å². The van der Waals surface area contributed by atoms with Crippen LogP contribution in [0.15, 0.2) is 54.6 Å². The van der Waals surface area contributed by atoms with Crippen molar-refractivity contribution >= 4 is 5.91 Å². The zero-order chi connectivity index (χ0) is 15.9. The minimum absolute atomic E-state index is 0.0413. The number of nitrogens with one attached hydrogen (secondary N) is 2. The third kappa shape index (κ3) is 4.09. The highest BCUT2D eigenvalue weighted by atomic mass is 16.5. The molecule has 2 rings (SSSR count). The molecule has 0 aromatic heterocycles. The molecule has 0 fully saturated rings. The van der Waals surface area contributed by atoms with Crippen molar-refractivity contribution in [1.82, 2.24) is 5.32 Å². The molecule has 4 heteroatoms. The normalized spacial score (nSPS) is 12.0. The molecule has 0 radical (unpaired) electrons. The second-order valence-electron chi connectivity index (χ2n) is 5.48. The number of rotatable bonds is 6. The molecule has 0 aliphatic carbocycles. The third-order valence-electron chi connectivity index (χ3n) is 3.72. The Morgan fingerprint density at radius 2 is 1.73 bits per heavy atom. The summed E-state index contributed by atoms with van der Waals surface area (Å²) in [6, 6.07) is 17.5. The van der Waals surface area contributed by atoms with Gasteiger partial charge in [-0.2, -0.15) is 0 Å². The zero-order valence-electron chi connectivity index (χ0n) is 13.3. The number of carbonyl (C=O) groups excluding carboxylic acids is 1. The summed E-state index contributed by atoms with van der Waals surface area (Å²) in [6.07, 6.45) is 0. The van der Waals surface area contributed by atoms with Crippen molar-refractivity contribution in [2.75, 3.05) is 27.7 Å². The van der Waals surface area contributed by atoms with Crippen molar-refractivity contribution in [2.45, 2.75) is 6.04 Å². The average Bonchev–Trinajstić information content (AvgIpc) is 2.56. The van der Waals surface area contributed by atoms with Gasteiger partial charge in [0.25, 0.3) is 5.91 Å². The maximum atomic E-state index is 12.2. The number of amides is 1. The summed E-state index contributed by atoms with van der Waals surface area (Å²) in [5.41, 5.74) is 1.86. The van der Waals surface area contributed by atoms with Crippen LogP contribution in [0.5, 0.6) is 5.75 Å². The van der Waals surface area contributed by atoms with Gasteiger partial charge >= 0.3 is 0 Å². The summed E-state index contributed by atoms with van der Waals surface area (Å²) in [5.74, 6) is 0.796. The molecule has 116 valence electrons. The molecule has 2 aromatic carbocycles. The van der Waals surface area contributed by atoms with Crippen LogP contribution in [-0.2, 0) is 0 Å². The van der Waals surface area contributed by atoms with E-state index >= 15 is 0 Å². The van der Waals surface area contributed by atoms with Gasteiger partial charge in [0.1, 0.15) is 11.8 Å². The SMILES string of the molecule is COc1ccc([C@H](CNC(=O)c2ccccc2)[NH+](C)C)cc1. The highest BCUT2D eigenvalue weighted by molar-refractivity contribution is 5.94. The lowest BCUT2D eigenvalue weighted by Crippen LogP contribution is -3.07. The number of carbonyl (C=O) groups is 1. The number of hydrogen-bond donors (Lipinski definition) is 2. The van der Waals surface area contributed by atoms with Gasteiger partial charge in [0.05, 0.1) is 27.7 Å². The molecule has 0 saturated carbocycles. The van der Waals surface area contributed by atoms with Crippen LogP contribution >= 0.6 is 0 Å². The predicted octanol–water partition coefficient (Wildman–Crippen LogP) is 1.31. The van der Waals surface area contributed by atoms with E-state index in [1.54, 1.807) is 7.11 Å². The van der Waals surface area contributed by atoms with Gasteiger partial charge in [0.15, 0.2) is 0 Å². The molecule has 0 heterocycles. The maximum absolute atomic E-state index is 12.2. The first-order valence-electron chi connectivity index (χ1n) is 7.39. The van der Waals surface area contributed by atoms with Gasteiger partial charge in [-0.1, -0.05) is 18.2 Å². The lowest BCUT2D eigenvalue weighted by molar-refractivity contribution is -0.890. The molecule has 0 spiro atoms. The summed E-state index contributed by atoms with van der Waals surface area (Å²) in [6.45, 7) is 0.586. The lowest BCUT2D eigenvalue weighted by atomic mass is 10.1. The summed E-state index contributed by atoms with van der Waals surface area (Å²) >= 11 is 0. The van der Waals surface area contributed by atoms with Gasteiger partial charge in [0, 0.05) is 11.1 Å². The Balaban J connectivity index is 2.04. The van der Waals surface area contributed by atoms with Crippen LogP contribution in [0.3, 0.4) is 0 Å². The molecule has 2 aromatic rings. The van der Waals surface area contributed by atoms with Crippen LogP contribution in [-0.4, -0.2) is 33.7 Å². The highest BCUT2D eigenvalue weighted by Crippen LogP contribution is 2.15. The Morgan fingerprint density at radius 3 is 2.27 bits per heavy atom. The van der Waals surface area contributed by atoms with E-state index in [2.05, 4.69) is 19.4 Å². The van der Waals surface area contributed by atoms with E-state index in [0.29, 0.717) is 12.1 Å². The minimum atomic E-state index is -0.0413. The Kier molecular flexibility index (Phi) is 5.55. The van der Waals surface area contributed by atoms with Crippen molar-refractivity contribution < 1.29 is 14.4 Å². The molecule has 1 atom stereocenters. The quantitative estimate of drug-likeness (QED) is 0.844. The van der Waals surface area contributed by atoms with E-state index in [-0.39, 0.29) is 11.9 Å². The first-order chi connectivity index (χ1) is 10.6. The van der Waals surface area contributed by atoms with Crippen LogP contribution in [0.4, 0.5) is 0 Å². The highest BCUT2D eigenvalue weighted by Gasteiger charge is 2.19. The fourth-order valence-corrected chi connectivity index (χ4v) is 2.38. The van der Waals surface area contributed by atoms with Gasteiger partial charge < -0.3 is 15.0 Å². The standard InChI is InChI=1S/C18H22N2O2/c1-20(2)17(14-9-11-16(22-3)12-10-14)13-19-18(21)15-7-5-4-6-8-15/h4-12,17H,13H2,1-3H3,(H,19,21)/p+1/t17-/m0/s1. The van der Waals surface area contributed by atoms with Crippen molar-refractivity contribution in [2.24, 2.45) is 0 Å². The second-order valence-corrected chi connectivity index (χ2v) is 5.48. The first kappa shape index (κ1) is 16.0. The first-order valence-corrected chi connectivity index (χ1v) is 7.39. The third-order valence-corrected chi connectivity index (χ3v) is 3.72. The predicted molar refractivity (Wildman–Crippen MR) is 87.3 cm³/mol. The van der Waals surface area contributed by atoms with Gasteiger partial charge in [-0.15, -0.1) is 0 Å². The zero-order valence-corrected chi connectivity index (χ0v) is 13.3. The molecule has 4 nitrogen and oxygen atoms in total. The Hall–Kier alpha value is -2.33. The maximum Gasteiger partial charge on any atom is 0.251 e. The van der Waals surface area contributed by atoms with Crippen molar-refractivity contribution in [3.05, 3.63) is 65.7 Å². The molecule has 2 N–H and O–H groups in total. The number of methoxy groups -OCH3 is 1. The van der Waals surface area contributed by atoms with Gasteiger partial charge in [-0.3, -0.25) is 4.79 Å². The van der Waals surface area contributed by atoms with Crippen LogP contribution < -0.4 is 15.0 Å². The minimum Gasteiger partial charge on any atom is -0.497 e. The van der Waals surface area contributed by atoms with E-state index in [9.17, 15) is 4.79 Å². The molecule has 0 aliphatic rings. The van der Waals surface area contributed by atoms with Crippen LogP contribution in [0.25, 0.3) is 0 Å². The van der Waals surface area contributed by atoms with Gasteiger partial charge in [0.2, 0.25) is 0 Å². The molecule has 22 heavy (non-hydrogen) atoms. The number of ether oxygens (including phenoxy) is 1. The van der Waals surface area contributed by atoms with E-state index in [1.165, 1.54) is 10.5 Å². The van der Waals surface area contributed by atoms with E-state index in [1.807, 2.05) is 54.6 Å². The summed E-state index contributed by atoms with van der Waals surface area (Å²) in [7, 11) is 5.83. The van der Waals surface area contributed by atoms with Gasteiger partial charge in [-0.05, 0) is 36.4 Å². The largest absolute Gasteiger partial charge is 0.497 e. The number of likely N-dealkylation sites (N-methyl/N-ethyl adjacent to an activating group) is 1. The van der Waals surface area contributed by atoms with Crippen molar-refractivity contribution in [3.8, 4) is 5.75 Å². The second kappa shape index (κ2) is 7.61. The molecule has 0 aliphatic heterocycles. The van der Waals surface area contributed by atoms with Crippen molar-refractivity contribution in [1.29, 1.82) is 0 Å². The lowest BCUT2D eigenvalue weighted by Gasteiger charge is -2.22.